The molecule has 0 aliphatic heterocycles. The number of rotatable bonds is 5. The van der Waals surface area contributed by atoms with E-state index in [0.717, 1.165) is 0 Å². The molecule has 1 rings (SSSR count). The van der Waals surface area contributed by atoms with Crippen LogP contribution in [0.15, 0.2) is 6.07 Å². The molecule has 0 amide bonds. The average Bonchev–Trinajstić information content (AvgIpc) is 2.27. The highest BCUT2D eigenvalue weighted by molar-refractivity contribution is 6.33. The van der Waals surface area contributed by atoms with Gasteiger partial charge in [-0.05, 0) is 13.0 Å². The van der Waals surface area contributed by atoms with Gasteiger partial charge in [0.05, 0.1) is 24.8 Å². The van der Waals surface area contributed by atoms with Crippen molar-refractivity contribution in [2.75, 3.05) is 14.2 Å². The highest BCUT2D eigenvalue weighted by atomic mass is 35.5. The molecular formula is C12H13ClO4. The van der Waals surface area contributed by atoms with Crippen molar-refractivity contribution in [3.05, 3.63) is 22.2 Å². The van der Waals surface area contributed by atoms with Gasteiger partial charge in [-0.15, -0.1) is 0 Å². The second kappa shape index (κ2) is 5.68. The molecule has 0 bridgehead atoms. The lowest BCUT2D eigenvalue weighted by Gasteiger charge is -2.15. The van der Waals surface area contributed by atoms with E-state index >= 15 is 0 Å². The molecule has 0 radical (unpaired) electrons. The molecular weight excluding hydrogens is 244 g/mol. The fourth-order valence-electron chi connectivity index (χ4n) is 1.61. The van der Waals surface area contributed by atoms with E-state index in [4.69, 9.17) is 21.1 Å². The lowest BCUT2D eigenvalue weighted by Crippen LogP contribution is -2.04. The minimum Gasteiger partial charge on any atom is -0.493 e. The Hall–Kier alpha value is -1.55. The van der Waals surface area contributed by atoms with Crippen LogP contribution in [0.3, 0.4) is 0 Å². The maximum Gasteiger partial charge on any atom is 0.173 e. The minimum absolute atomic E-state index is 0.0275. The van der Waals surface area contributed by atoms with Crippen molar-refractivity contribution in [1.29, 1.82) is 0 Å². The second-order valence-electron chi connectivity index (χ2n) is 3.49. The number of ether oxygens (including phenoxy) is 2. The van der Waals surface area contributed by atoms with Crippen molar-refractivity contribution >= 4 is 23.7 Å². The normalized spacial score (nSPS) is 9.88. The molecule has 0 saturated carbocycles. The third kappa shape index (κ3) is 2.77. The van der Waals surface area contributed by atoms with Crippen LogP contribution in [0.2, 0.25) is 5.02 Å². The molecule has 0 heterocycles. The Morgan fingerprint density at radius 1 is 1.35 bits per heavy atom. The molecule has 0 unspecified atom stereocenters. The number of carbonyl (C=O) groups is 2. The van der Waals surface area contributed by atoms with Gasteiger partial charge >= 0.3 is 0 Å². The van der Waals surface area contributed by atoms with E-state index in [1.165, 1.54) is 21.1 Å². The monoisotopic (exact) mass is 256 g/mol. The summed E-state index contributed by atoms with van der Waals surface area (Å²) in [5.74, 6) is 0.598. The van der Waals surface area contributed by atoms with Gasteiger partial charge in [0.25, 0.3) is 0 Å². The summed E-state index contributed by atoms with van der Waals surface area (Å²) in [4.78, 5) is 22.1. The van der Waals surface area contributed by atoms with Crippen LogP contribution in [-0.4, -0.2) is 26.3 Å². The SMILES string of the molecule is COc1c(CC(C)=O)cc(Cl)c(C=O)c1OC. The first-order valence-corrected chi connectivity index (χ1v) is 5.30. The van der Waals surface area contributed by atoms with Crippen LogP contribution in [0.1, 0.15) is 22.8 Å². The van der Waals surface area contributed by atoms with E-state index in [2.05, 4.69) is 0 Å². The van der Waals surface area contributed by atoms with Crippen LogP contribution in [0.5, 0.6) is 11.5 Å². The van der Waals surface area contributed by atoms with Crippen molar-refractivity contribution in [2.24, 2.45) is 0 Å². The summed E-state index contributed by atoms with van der Waals surface area (Å²) in [6, 6.07) is 1.55. The van der Waals surface area contributed by atoms with Gasteiger partial charge in [0.15, 0.2) is 17.8 Å². The molecule has 17 heavy (non-hydrogen) atoms. The van der Waals surface area contributed by atoms with E-state index < -0.39 is 0 Å². The maximum absolute atomic E-state index is 11.1. The Bertz CT molecular complexity index is 454. The lowest BCUT2D eigenvalue weighted by molar-refractivity contribution is -0.116. The number of aldehydes is 1. The van der Waals surface area contributed by atoms with Gasteiger partial charge in [-0.25, -0.2) is 0 Å². The zero-order valence-corrected chi connectivity index (χ0v) is 10.6. The predicted molar refractivity (Wildman–Crippen MR) is 64.3 cm³/mol. The molecule has 0 fully saturated rings. The molecule has 0 atom stereocenters. The Morgan fingerprint density at radius 3 is 2.35 bits per heavy atom. The first kappa shape index (κ1) is 13.5. The Balaban J connectivity index is 3.46. The largest absolute Gasteiger partial charge is 0.493 e. The van der Waals surface area contributed by atoms with Crippen molar-refractivity contribution in [2.45, 2.75) is 13.3 Å². The number of ketones is 1. The van der Waals surface area contributed by atoms with Gasteiger partial charge in [-0.3, -0.25) is 9.59 Å². The van der Waals surface area contributed by atoms with Crippen LogP contribution in [0.25, 0.3) is 0 Å². The molecule has 0 aliphatic rings. The van der Waals surface area contributed by atoms with E-state index in [9.17, 15) is 9.59 Å². The van der Waals surface area contributed by atoms with Gasteiger partial charge in [-0.2, -0.15) is 0 Å². The molecule has 0 spiro atoms. The smallest absolute Gasteiger partial charge is 0.173 e. The van der Waals surface area contributed by atoms with Crippen molar-refractivity contribution in [3.63, 3.8) is 0 Å². The van der Waals surface area contributed by atoms with E-state index in [1.54, 1.807) is 6.07 Å². The van der Waals surface area contributed by atoms with E-state index in [-0.39, 0.29) is 28.5 Å². The average molecular weight is 257 g/mol. The first-order valence-electron chi connectivity index (χ1n) is 4.93. The Kier molecular flexibility index (Phi) is 4.52. The highest BCUT2D eigenvalue weighted by Crippen LogP contribution is 2.38. The van der Waals surface area contributed by atoms with E-state index in [1.807, 2.05) is 0 Å². The molecule has 5 heteroatoms. The topological polar surface area (TPSA) is 52.6 Å². The van der Waals surface area contributed by atoms with Crippen molar-refractivity contribution in [3.8, 4) is 11.5 Å². The quantitative estimate of drug-likeness (QED) is 0.759. The van der Waals surface area contributed by atoms with Crippen molar-refractivity contribution < 1.29 is 19.1 Å². The molecule has 0 saturated heterocycles. The molecule has 0 N–H and O–H groups in total. The minimum atomic E-state index is -0.0275. The molecule has 4 nitrogen and oxygen atoms in total. The summed E-state index contributed by atoms with van der Waals surface area (Å²) >= 11 is 5.95. The van der Waals surface area contributed by atoms with Crippen molar-refractivity contribution in [1.82, 2.24) is 0 Å². The summed E-state index contributed by atoms with van der Waals surface area (Å²) < 4.78 is 10.3. The summed E-state index contributed by atoms with van der Waals surface area (Å²) in [6.45, 7) is 1.47. The third-order valence-electron chi connectivity index (χ3n) is 2.27. The fraction of sp³-hybridized carbons (Fsp3) is 0.333. The maximum atomic E-state index is 11.1. The number of halogens is 1. The number of methoxy groups -OCH3 is 2. The molecule has 0 aromatic heterocycles. The van der Waals surface area contributed by atoms with Gasteiger partial charge in [0, 0.05) is 12.0 Å². The van der Waals surface area contributed by atoms with E-state index in [0.29, 0.717) is 17.6 Å². The second-order valence-corrected chi connectivity index (χ2v) is 3.90. The van der Waals surface area contributed by atoms with Crippen LogP contribution in [-0.2, 0) is 11.2 Å². The van der Waals surface area contributed by atoms with Gasteiger partial charge in [0.1, 0.15) is 5.78 Å². The number of hydrogen-bond acceptors (Lipinski definition) is 4. The van der Waals surface area contributed by atoms with Gasteiger partial charge < -0.3 is 9.47 Å². The summed E-state index contributed by atoms with van der Waals surface area (Å²) in [6.07, 6.45) is 0.777. The molecule has 1 aromatic carbocycles. The first-order chi connectivity index (χ1) is 8.04. The zero-order chi connectivity index (χ0) is 13.0. The van der Waals surface area contributed by atoms with Crippen LogP contribution in [0, 0.1) is 0 Å². The predicted octanol–water partition coefficient (Wildman–Crippen LogP) is 2.30. The number of carbonyl (C=O) groups excluding carboxylic acids is 2. The molecule has 1 aromatic rings. The Labute approximate surface area is 104 Å². The lowest BCUT2D eigenvalue weighted by atomic mass is 10.0. The fourth-order valence-corrected chi connectivity index (χ4v) is 1.87. The Morgan fingerprint density at radius 2 is 1.94 bits per heavy atom. The van der Waals surface area contributed by atoms with Crippen LogP contribution >= 0.6 is 11.6 Å². The van der Waals surface area contributed by atoms with Gasteiger partial charge in [-0.1, -0.05) is 11.6 Å². The summed E-state index contributed by atoms with van der Waals surface area (Å²) in [5, 5.41) is 0.244. The number of hydrogen-bond donors (Lipinski definition) is 0. The highest BCUT2D eigenvalue weighted by Gasteiger charge is 2.19. The summed E-state index contributed by atoms with van der Waals surface area (Å²) in [7, 11) is 2.86. The number of Topliss-reactive ketones (excluding diaryl/α,β-unsaturated/α-hetero) is 1. The van der Waals surface area contributed by atoms with Gasteiger partial charge in [0.2, 0.25) is 0 Å². The van der Waals surface area contributed by atoms with Crippen LogP contribution in [0.4, 0.5) is 0 Å². The summed E-state index contributed by atoms with van der Waals surface area (Å²) in [5.41, 5.74) is 0.825. The number of benzene rings is 1. The molecule has 0 aliphatic carbocycles. The molecule has 92 valence electrons. The van der Waals surface area contributed by atoms with Crippen LogP contribution < -0.4 is 9.47 Å². The third-order valence-corrected chi connectivity index (χ3v) is 2.58. The zero-order valence-electron chi connectivity index (χ0n) is 9.87. The standard InChI is InChI=1S/C12H13ClO4/c1-7(15)4-8-5-10(13)9(6-14)12(17-3)11(8)16-2/h5-6H,4H2,1-3H3.